The van der Waals surface area contributed by atoms with Gasteiger partial charge in [-0.2, -0.15) is 0 Å². The molecule has 0 spiro atoms. The standard InChI is InChI=1S/C33H38N3S2/c1-25-7-21-32(22-8-25)38-37-24-23-36(6)31-19-13-28(14-20-31)33(26-9-15-29(16-10-26)34(2)3)27-11-17-30(18-12-27)35(4)5/h7-22H,23-24H2,1-6H3/q+1. The van der Waals surface area contributed by atoms with Gasteiger partial charge in [0.2, 0.25) is 0 Å². The first-order valence-corrected chi connectivity index (χ1v) is 15.2. The number of nitrogens with zero attached hydrogens (tertiary/aromatic N) is 3. The molecule has 0 saturated heterocycles. The van der Waals surface area contributed by atoms with E-state index in [0.717, 1.165) is 12.3 Å². The second kappa shape index (κ2) is 13.1. The quantitative estimate of drug-likeness (QED) is 0.157. The van der Waals surface area contributed by atoms with Crippen molar-refractivity contribution in [2.24, 2.45) is 0 Å². The first-order chi connectivity index (χ1) is 18.3. The van der Waals surface area contributed by atoms with Gasteiger partial charge in [0.1, 0.15) is 14.1 Å². The van der Waals surface area contributed by atoms with Crippen molar-refractivity contribution in [1.29, 1.82) is 0 Å². The van der Waals surface area contributed by atoms with Crippen molar-refractivity contribution in [3.05, 3.63) is 119 Å². The molecule has 1 aliphatic carbocycles. The molecule has 1 aliphatic rings. The Hall–Kier alpha value is -3.15. The maximum Gasteiger partial charge on any atom is 0.199 e. The maximum atomic E-state index is 2.34. The van der Waals surface area contributed by atoms with Crippen LogP contribution in [0.4, 0.5) is 11.4 Å². The van der Waals surface area contributed by atoms with Crippen LogP contribution in [0.25, 0.3) is 5.57 Å². The van der Waals surface area contributed by atoms with Crippen LogP contribution in [-0.2, 0) is 0 Å². The second-order valence-corrected chi connectivity index (χ2v) is 12.4. The normalized spacial score (nSPS) is 12.6. The van der Waals surface area contributed by atoms with Crippen LogP contribution in [0, 0.1) is 6.92 Å². The minimum absolute atomic E-state index is 0.997. The van der Waals surface area contributed by atoms with Gasteiger partial charge in [0.15, 0.2) is 5.71 Å². The molecule has 0 aromatic heterocycles. The summed E-state index contributed by atoms with van der Waals surface area (Å²) in [6.07, 6.45) is 8.84. The number of benzene rings is 3. The monoisotopic (exact) mass is 540 g/mol. The van der Waals surface area contributed by atoms with E-state index in [1.54, 1.807) is 0 Å². The van der Waals surface area contributed by atoms with E-state index in [9.17, 15) is 0 Å². The molecular weight excluding hydrogens is 503 g/mol. The summed E-state index contributed by atoms with van der Waals surface area (Å²) in [4.78, 5) is 5.79. The zero-order valence-electron chi connectivity index (χ0n) is 23.3. The largest absolute Gasteiger partial charge is 0.378 e. The van der Waals surface area contributed by atoms with Gasteiger partial charge in [0.05, 0.1) is 0 Å². The minimum Gasteiger partial charge on any atom is -0.378 e. The van der Waals surface area contributed by atoms with Crippen LogP contribution in [-0.4, -0.2) is 57.8 Å². The molecule has 0 fully saturated rings. The Bertz CT molecular complexity index is 1320. The van der Waals surface area contributed by atoms with E-state index in [0.29, 0.717) is 0 Å². The summed E-state index contributed by atoms with van der Waals surface area (Å²) >= 11 is 0. The molecule has 4 rings (SSSR count). The summed E-state index contributed by atoms with van der Waals surface area (Å²) in [5, 5.41) is 0. The van der Waals surface area contributed by atoms with Crippen LogP contribution in [0.3, 0.4) is 0 Å². The van der Waals surface area contributed by atoms with Gasteiger partial charge in [-0.15, -0.1) is 0 Å². The molecule has 0 amide bonds. The van der Waals surface area contributed by atoms with E-state index in [4.69, 9.17) is 0 Å². The topological polar surface area (TPSA) is 9.49 Å². The summed E-state index contributed by atoms with van der Waals surface area (Å²) in [7, 11) is 14.3. The Labute approximate surface area is 236 Å². The van der Waals surface area contributed by atoms with E-state index in [1.165, 1.54) is 49.8 Å². The zero-order chi connectivity index (χ0) is 27.1. The molecule has 3 aromatic carbocycles. The highest BCUT2D eigenvalue weighted by Crippen LogP contribution is 2.33. The predicted octanol–water partition coefficient (Wildman–Crippen LogP) is 7.58. The van der Waals surface area contributed by atoms with Crippen LogP contribution >= 0.6 is 21.6 Å². The first-order valence-electron chi connectivity index (χ1n) is 12.9. The molecule has 38 heavy (non-hydrogen) atoms. The third kappa shape index (κ3) is 7.24. The molecule has 0 saturated carbocycles. The maximum absolute atomic E-state index is 2.34. The number of aryl methyl sites for hydroxylation is 1. The fourth-order valence-electron chi connectivity index (χ4n) is 4.24. The molecule has 5 heteroatoms. The number of rotatable bonds is 9. The van der Waals surface area contributed by atoms with E-state index < -0.39 is 0 Å². The van der Waals surface area contributed by atoms with Crippen molar-refractivity contribution in [1.82, 2.24) is 0 Å². The van der Waals surface area contributed by atoms with Crippen molar-refractivity contribution in [3.8, 4) is 0 Å². The van der Waals surface area contributed by atoms with E-state index in [1.807, 2.05) is 21.6 Å². The Kier molecular flexibility index (Phi) is 9.59. The first kappa shape index (κ1) is 27.9. The van der Waals surface area contributed by atoms with Gasteiger partial charge in [0.25, 0.3) is 0 Å². The lowest BCUT2D eigenvalue weighted by atomic mass is 9.90. The van der Waals surface area contributed by atoms with Crippen LogP contribution < -0.4 is 9.80 Å². The van der Waals surface area contributed by atoms with Gasteiger partial charge in [-0.05, 0) is 77.7 Å². The summed E-state index contributed by atoms with van der Waals surface area (Å²) in [6, 6.07) is 26.6. The van der Waals surface area contributed by atoms with Crippen LogP contribution in [0.1, 0.15) is 16.7 Å². The molecule has 3 nitrogen and oxygen atoms in total. The van der Waals surface area contributed by atoms with Crippen molar-refractivity contribution in [3.63, 3.8) is 0 Å². The predicted molar refractivity (Wildman–Crippen MR) is 171 cm³/mol. The molecule has 0 aliphatic heterocycles. The third-order valence-electron chi connectivity index (χ3n) is 6.63. The average Bonchev–Trinajstić information content (AvgIpc) is 2.93. The number of hydrogen-bond donors (Lipinski definition) is 0. The Balaban J connectivity index is 1.51. The number of allylic oxidation sites excluding steroid dienone is 5. The number of hydrogen-bond acceptors (Lipinski definition) is 4. The summed E-state index contributed by atoms with van der Waals surface area (Å²) in [5.41, 5.74) is 9.86. The Morgan fingerprint density at radius 1 is 0.711 bits per heavy atom. The lowest BCUT2D eigenvalue weighted by Gasteiger charge is -2.20. The van der Waals surface area contributed by atoms with Gasteiger partial charge in [-0.1, -0.05) is 63.5 Å². The molecule has 0 heterocycles. The zero-order valence-corrected chi connectivity index (χ0v) is 24.9. The SMILES string of the molecule is Cc1ccc(SSCCN(C)c2ccc(C(=C3C=CC(=[N+](C)C)C=C3)c3ccc(N(C)C)cc3)cc2)cc1. The fraction of sp³-hybridized carbons (Fsp3) is 0.242. The third-order valence-corrected chi connectivity index (χ3v) is 8.99. The van der Waals surface area contributed by atoms with Crippen LogP contribution in [0.15, 0.2) is 108 Å². The average molecular weight is 541 g/mol. The molecule has 3 aromatic rings. The highest BCUT2D eigenvalue weighted by atomic mass is 33.1. The molecule has 0 radical (unpaired) electrons. The van der Waals surface area contributed by atoms with Crippen LogP contribution in [0.2, 0.25) is 0 Å². The summed E-state index contributed by atoms with van der Waals surface area (Å²) < 4.78 is 2.14. The smallest absolute Gasteiger partial charge is 0.199 e. The van der Waals surface area contributed by atoms with E-state index in [-0.39, 0.29) is 0 Å². The van der Waals surface area contributed by atoms with Gasteiger partial charge >= 0.3 is 0 Å². The Morgan fingerprint density at radius 3 is 1.79 bits per heavy atom. The molecule has 0 bridgehead atoms. The van der Waals surface area contributed by atoms with Gasteiger partial charge in [-0.25, -0.2) is 4.58 Å². The number of anilines is 2. The molecule has 0 atom stereocenters. The van der Waals surface area contributed by atoms with E-state index >= 15 is 0 Å². The highest BCUT2D eigenvalue weighted by Gasteiger charge is 2.14. The van der Waals surface area contributed by atoms with Gasteiger partial charge in [0, 0.05) is 61.9 Å². The fourth-order valence-corrected chi connectivity index (χ4v) is 6.27. The minimum atomic E-state index is 0.997. The molecule has 196 valence electrons. The van der Waals surface area contributed by atoms with Crippen molar-refractivity contribution in [2.75, 3.05) is 57.3 Å². The molecule has 0 unspecified atom stereocenters. The van der Waals surface area contributed by atoms with Crippen molar-refractivity contribution in [2.45, 2.75) is 11.8 Å². The highest BCUT2D eigenvalue weighted by molar-refractivity contribution is 8.76. The Morgan fingerprint density at radius 2 is 1.26 bits per heavy atom. The van der Waals surface area contributed by atoms with Gasteiger partial charge in [-0.3, -0.25) is 0 Å². The van der Waals surface area contributed by atoms with E-state index in [2.05, 4.69) is 154 Å². The summed E-state index contributed by atoms with van der Waals surface area (Å²) in [6.45, 7) is 3.13. The second-order valence-electron chi connectivity index (χ2n) is 9.94. The van der Waals surface area contributed by atoms with Crippen molar-refractivity contribution < 1.29 is 4.58 Å². The lowest BCUT2D eigenvalue weighted by Crippen LogP contribution is -2.19. The molecular formula is C33H38N3S2+. The van der Waals surface area contributed by atoms with Gasteiger partial charge < -0.3 is 9.80 Å². The lowest BCUT2D eigenvalue weighted by molar-refractivity contribution is -0.462. The summed E-state index contributed by atoms with van der Waals surface area (Å²) in [5.74, 6) is 1.06. The van der Waals surface area contributed by atoms with Crippen molar-refractivity contribution >= 4 is 44.2 Å². The van der Waals surface area contributed by atoms with Crippen LogP contribution in [0.5, 0.6) is 0 Å². The molecule has 0 N–H and O–H groups in total.